The summed E-state index contributed by atoms with van der Waals surface area (Å²) in [4.78, 5) is 12.2. The highest BCUT2D eigenvalue weighted by Crippen LogP contribution is 2.31. The van der Waals surface area contributed by atoms with E-state index in [9.17, 15) is 4.79 Å². The number of para-hydroxylation sites is 2. The molecule has 1 saturated carbocycles. The maximum Gasteiger partial charge on any atom is 0.225 e. The van der Waals surface area contributed by atoms with E-state index >= 15 is 0 Å². The van der Waals surface area contributed by atoms with Gasteiger partial charge in [0.05, 0.1) is 25.5 Å². The number of rotatable bonds is 9. The molecule has 0 atom stereocenters. The first-order valence-electron chi connectivity index (χ1n) is 9.46. The van der Waals surface area contributed by atoms with E-state index in [4.69, 9.17) is 9.47 Å². The molecule has 0 bridgehead atoms. The third-order valence-corrected chi connectivity index (χ3v) is 4.56. The maximum absolute atomic E-state index is 12.2. The fraction of sp³-hybridized carbons (Fsp3) is 0.500. The average molecular weight is 357 g/mol. The normalized spacial score (nSPS) is 14.3. The minimum absolute atomic E-state index is 0.00793. The lowest BCUT2D eigenvalue weighted by molar-refractivity contribution is -0.116. The van der Waals surface area contributed by atoms with Gasteiger partial charge in [0, 0.05) is 12.5 Å². The molecular formula is C20H27N3O3. The number of carbonyl (C=O) groups excluding carboxylic acids is 1. The van der Waals surface area contributed by atoms with Crippen molar-refractivity contribution in [3.8, 4) is 11.5 Å². The van der Waals surface area contributed by atoms with Crippen LogP contribution in [0.3, 0.4) is 0 Å². The van der Waals surface area contributed by atoms with Crippen molar-refractivity contribution in [2.24, 2.45) is 0 Å². The Balaban J connectivity index is 1.43. The van der Waals surface area contributed by atoms with Crippen LogP contribution in [0, 0.1) is 0 Å². The molecule has 0 aliphatic heterocycles. The second-order valence-electron chi connectivity index (χ2n) is 6.48. The van der Waals surface area contributed by atoms with Crippen LogP contribution in [0.1, 0.15) is 51.5 Å². The maximum atomic E-state index is 12.2. The van der Waals surface area contributed by atoms with E-state index in [-0.39, 0.29) is 5.91 Å². The van der Waals surface area contributed by atoms with Crippen LogP contribution in [0.2, 0.25) is 0 Å². The molecule has 3 rings (SSSR count). The highest BCUT2D eigenvalue weighted by molar-refractivity contribution is 5.89. The van der Waals surface area contributed by atoms with E-state index in [2.05, 4.69) is 10.4 Å². The van der Waals surface area contributed by atoms with Crippen molar-refractivity contribution in [2.75, 3.05) is 18.5 Å². The lowest BCUT2D eigenvalue weighted by Gasteiger charge is -2.15. The van der Waals surface area contributed by atoms with Gasteiger partial charge in [0.25, 0.3) is 0 Å². The second kappa shape index (κ2) is 9.27. The number of carbonyl (C=O) groups is 1. The van der Waals surface area contributed by atoms with Crippen LogP contribution in [0.4, 0.5) is 5.82 Å². The van der Waals surface area contributed by atoms with E-state index in [1.54, 1.807) is 6.20 Å². The van der Waals surface area contributed by atoms with Crippen molar-refractivity contribution < 1.29 is 14.3 Å². The highest BCUT2D eigenvalue weighted by atomic mass is 16.5. The molecule has 1 heterocycles. The summed E-state index contributed by atoms with van der Waals surface area (Å²) >= 11 is 0. The van der Waals surface area contributed by atoms with Gasteiger partial charge >= 0.3 is 0 Å². The molecule has 1 aromatic carbocycles. The van der Waals surface area contributed by atoms with Gasteiger partial charge in [-0.1, -0.05) is 25.0 Å². The number of benzene rings is 1. The molecule has 6 heteroatoms. The molecule has 1 N–H and O–H groups in total. The van der Waals surface area contributed by atoms with Gasteiger partial charge in [-0.2, -0.15) is 5.10 Å². The molecule has 1 aliphatic rings. The number of hydrogen-bond donors (Lipinski definition) is 1. The van der Waals surface area contributed by atoms with Gasteiger partial charge in [0.15, 0.2) is 11.5 Å². The minimum Gasteiger partial charge on any atom is -0.490 e. The summed E-state index contributed by atoms with van der Waals surface area (Å²) < 4.78 is 13.2. The fourth-order valence-corrected chi connectivity index (χ4v) is 3.32. The number of hydrogen-bond acceptors (Lipinski definition) is 4. The molecule has 1 amide bonds. The van der Waals surface area contributed by atoms with Crippen LogP contribution < -0.4 is 14.8 Å². The molecule has 1 aromatic heterocycles. The Bertz CT molecular complexity index is 708. The number of nitrogens with zero attached hydrogens (tertiary/aromatic N) is 2. The van der Waals surface area contributed by atoms with Crippen molar-refractivity contribution in [2.45, 2.75) is 51.5 Å². The molecule has 0 spiro atoms. The highest BCUT2D eigenvalue weighted by Gasteiger charge is 2.20. The monoisotopic (exact) mass is 357 g/mol. The van der Waals surface area contributed by atoms with E-state index in [0.29, 0.717) is 37.8 Å². The van der Waals surface area contributed by atoms with Crippen molar-refractivity contribution in [1.29, 1.82) is 0 Å². The van der Waals surface area contributed by atoms with Gasteiger partial charge < -0.3 is 14.8 Å². The third kappa shape index (κ3) is 4.77. The van der Waals surface area contributed by atoms with Crippen molar-refractivity contribution in [1.82, 2.24) is 9.78 Å². The van der Waals surface area contributed by atoms with E-state index < -0.39 is 0 Å². The zero-order chi connectivity index (χ0) is 18.2. The molecule has 0 saturated heterocycles. The first-order chi connectivity index (χ1) is 12.8. The third-order valence-electron chi connectivity index (χ3n) is 4.56. The Morgan fingerprint density at radius 2 is 1.92 bits per heavy atom. The Kier molecular flexibility index (Phi) is 6.52. The smallest absolute Gasteiger partial charge is 0.225 e. The van der Waals surface area contributed by atoms with Crippen LogP contribution >= 0.6 is 0 Å². The molecule has 2 aromatic rings. The van der Waals surface area contributed by atoms with Crippen molar-refractivity contribution in [3.05, 3.63) is 36.5 Å². The van der Waals surface area contributed by atoms with E-state index in [1.165, 1.54) is 12.8 Å². The SMILES string of the molecule is CCOc1ccccc1OCCCC(=O)Nc1ccnn1C1CCCC1. The predicted octanol–water partition coefficient (Wildman–Crippen LogP) is 4.19. The largest absolute Gasteiger partial charge is 0.490 e. The molecule has 0 unspecified atom stereocenters. The number of amides is 1. The van der Waals surface area contributed by atoms with E-state index in [1.807, 2.05) is 41.9 Å². The lowest BCUT2D eigenvalue weighted by atomic mass is 10.2. The minimum atomic E-state index is -0.00793. The summed E-state index contributed by atoms with van der Waals surface area (Å²) in [7, 11) is 0. The number of ether oxygens (including phenoxy) is 2. The molecule has 6 nitrogen and oxygen atoms in total. The molecule has 0 radical (unpaired) electrons. The number of nitrogens with one attached hydrogen (secondary N) is 1. The topological polar surface area (TPSA) is 65.4 Å². The van der Waals surface area contributed by atoms with Crippen LogP contribution in [0.15, 0.2) is 36.5 Å². The molecule has 1 fully saturated rings. The van der Waals surface area contributed by atoms with Gasteiger partial charge in [-0.3, -0.25) is 4.79 Å². The summed E-state index contributed by atoms with van der Waals surface area (Å²) in [6.45, 7) is 3.01. The predicted molar refractivity (Wildman–Crippen MR) is 101 cm³/mol. The molecule has 1 aliphatic carbocycles. The fourth-order valence-electron chi connectivity index (χ4n) is 3.32. The molecule has 140 valence electrons. The standard InChI is InChI=1S/C20H27N3O3/c1-2-25-17-10-5-6-11-18(17)26-15-7-12-20(24)22-19-13-14-21-23(19)16-8-3-4-9-16/h5-6,10-11,13-14,16H,2-4,7-9,12,15H2,1H3,(H,22,24). The van der Waals surface area contributed by atoms with Gasteiger partial charge in [-0.25, -0.2) is 4.68 Å². The number of aromatic nitrogens is 2. The quantitative estimate of drug-likeness (QED) is 0.683. The van der Waals surface area contributed by atoms with Gasteiger partial charge in [0.1, 0.15) is 5.82 Å². The zero-order valence-corrected chi connectivity index (χ0v) is 15.3. The number of anilines is 1. The van der Waals surface area contributed by atoms with Crippen LogP contribution in [0.5, 0.6) is 11.5 Å². The first-order valence-corrected chi connectivity index (χ1v) is 9.46. The van der Waals surface area contributed by atoms with Crippen molar-refractivity contribution >= 4 is 11.7 Å². The van der Waals surface area contributed by atoms with Crippen LogP contribution in [0.25, 0.3) is 0 Å². The Hall–Kier alpha value is -2.50. The summed E-state index contributed by atoms with van der Waals surface area (Å²) in [5.74, 6) is 2.24. The summed E-state index contributed by atoms with van der Waals surface area (Å²) in [5, 5.41) is 7.36. The lowest BCUT2D eigenvalue weighted by Crippen LogP contribution is -2.18. The van der Waals surface area contributed by atoms with Gasteiger partial charge in [-0.05, 0) is 38.3 Å². The van der Waals surface area contributed by atoms with Crippen molar-refractivity contribution in [3.63, 3.8) is 0 Å². The van der Waals surface area contributed by atoms with Gasteiger partial charge in [0.2, 0.25) is 5.91 Å². The van der Waals surface area contributed by atoms with Crippen LogP contribution in [-0.4, -0.2) is 28.9 Å². The molecule has 26 heavy (non-hydrogen) atoms. The Morgan fingerprint density at radius 1 is 1.19 bits per heavy atom. The average Bonchev–Trinajstić information content (AvgIpc) is 3.31. The van der Waals surface area contributed by atoms with Gasteiger partial charge in [-0.15, -0.1) is 0 Å². The Morgan fingerprint density at radius 3 is 2.65 bits per heavy atom. The van der Waals surface area contributed by atoms with E-state index in [0.717, 1.165) is 24.4 Å². The molecular weight excluding hydrogens is 330 g/mol. The summed E-state index contributed by atoms with van der Waals surface area (Å²) in [6, 6.07) is 9.87. The Labute approximate surface area is 154 Å². The first kappa shape index (κ1) is 18.3. The second-order valence-corrected chi connectivity index (χ2v) is 6.48. The zero-order valence-electron chi connectivity index (χ0n) is 15.3. The summed E-state index contributed by atoms with van der Waals surface area (Å²) in [5.41, 5.74) is 0. The van der Waals surface area contributed by atoms with Crippen LogP contribution in [-0.2, 0) is 4.79 Å². The summed E-state index contributed by atoms with van der Waals surface area (Å²) in [6.07, 6.45) is 7.55.